The minimum atomic E-state index is -0.508. The molecule has 1 atom stereocenters. The van der Waals surface area contributed by atoms with E-state index in [1.807, 2.05) is 30.3 Å². The van der Waals surface area contributed by atoms with Crippen LogP contribution in [-0.4, -0.2) is 43.4 Å². The van der Waals surface area contributed by atoms with Gasteiger partial charge in [0.1, 0.15) is 0 Å². The minimum Gasteiger partial charge on any atom is -0.493 e. The van der Waals surface area contributed by atoms with Crippen LogP contribution < -0.4 is 20.3 Å². The van der Waals surface area contributed by atoms with E-state index in [2.05, 4.69) is 10.9 Å². The fourth-order valence-electron chi connectivity index (χ4n) is 3.30. The second-order valence-electron chi connectivity index (χ2n) is 7.09. The zero-order valence-corrected chi connectivity index (χ0v) is 17.5. The maximum atomic E-state index is 12.4. The topological polar surface area (TPSA) is 97.0 Å². The average molecular weight is 423 g/mol. The fourth-order valence-corrected chi connectivity index (χ4v) is 3.30. The molecule has 1 saturated heterocycles. The van der Waals surface area contributed by atoms with Crippen molar-refractivity contribution in [1.29, 1.82) is 0 Å². The Bertz CT molecular complexity index is 974. The third kappa shape index (κ3) is 5.85. The molecular formula is C23H25N3O5. The van der Waals surface area contributed by atoms with Gasteiger partial charge in [0.2, 0.25) is 11.8 Å². The zero-order chi connectivity index (χ0) is 22.2. The van der Waals surface area contributed by atoms with Gasteiger partial charge in [-0.15, -0.1) is 0 Å². The largest absolute Gasteiger partial charge is 0.493 e. The van der Waals surface area contributed by atoms with E-state index in [4.69, 9.17) is 9.47 Å². The quantitative estimate of drug-likeness (QED) is 0.524. The molecule has 1 aliphatic heterocycles. The summed E-state index contributed by atoms with van der Waals surface area (Å²) in [7, 11) is 3.07. The predicted molar refractivity (Wildman–Crippen MR) is 115 cm³/mol. The first kappa shape index (κ1) is 21.9. The van der Waals surface area contributed by atoms with Crippen LogP contribution in [0.5, 0.6) is 11.5 Å². The lowest BCUT2D eigenvalue weighted by atomic mass is 10.1. The standard InChI is InChI=1S/C23H25N3O5/c1-30-19-10-8-16(12-20(19)31-2)9-11-21(27)24-25-23(29)18-13-22(28)26(15-18)14-17-6-4-3-5-7-17/h3-12,18H,13-15H2,1-2H3,(H,24,27)(H,25,29)/b11-9+. The van der Waals surface area contributed by atoms with Crippen LogP contribution in [0.15, 0.2) is 54.6 Å². The first-order valence-corrected chi connectivity index (χ1v) is 9.81. The Morgan fingerprint density at radius 3 is 2.52 bits per heavy atom. The Morgan fingerprint density at radius 2 is 1.81 bits per heavy atom. The first-order chi connectivity index (χ1) is 15.0. The zero-order valence-electron chi connectivity index (χ0n) is 17.5. The smallest absolute Gasteiger partial charge is 0.262 e. The van der Waals surface area contributed by atoms with Crippen LogP contribution >= 0.6 is 0 Å². The summed E-state index contributed by atoms with van der Waals surface area (Å²) in [6.45, 7) is 0.779. The van der Waals surface area contributed by atoms with Gasteiger partial charge in [-0.2, -0.15) is 0 Å². The van der Waals surface area contributed by atoms with Gasteiger partial charge in [-0.25, -0.2) is 0 Å². The van der Waals surface area contributed by atoms with Crippen molar-refractivity contribution in [3.05, 3.63) is 65.7 Å². The van der Waals surface area contributed by atoms with Gasteiger partial charge in [0.25, 0.3) is 5.91 Å². The van der Waals surface area contributed by atoms with Gasteiger partial charge in [-0.05, 0) is 29.3 Å². The van der Waals surface area contributed by atoms with E-state index in [9.17, 15) is 14.4 Å². The number of carbonyl (C=O) groups excluding carboxylic acids is 3. The molecule has 2 aromatic carbocycles. The summed E-state index contributed by atoms with van der Waals surface area (Å²) in [5, 5.41) is 0. The monoisotopic (exact) mass is 423 g/mol. The van der Waals surface area contributed by atoms with Crippen LogP contribution in [0.4, 0.5) is 0 Å². The van der Waals surface area contributed by atoms with Crippen LogP contribution in [0, 0.1) is 5.92 Å². The molecule has 1 fully saturated rings. The van der Waals surface area contributed by atoms with E-state index in [-0.39, 0.29) is 12.3 Å². The maximum absolute atomic E-state index is 12.4. The van der Waals surface area contributed by atoms with Crippen molar-refractivity contribution in [3.8, 4) is 11.5 Å². The molecule has 0 saturated carbocycles. The van der Waals surface area contributed by atoms with Gasteiger partial charge in [-0.3, -0.25) is 25.2 Å². The van der Waals surface area contributed by atoms with Crippen molar-refractivity contribution >= 4 is 23.8 Å². The summed E-state index contributed by atoms with van der Waals surface area (Å²) in [6, 6.07) is 14.8. The summed E-state index contributed by atoms with van der Waals surface area (Å²) in [4.78, 5) is 38.3. The van der Waals surface area contributed by atoms with E-state index in [0.717, 1.165) is 11.1 Å². The van der Waals surface area contributed by atoms with Gasteiger partial charge in [0.15, 0.2) is 11.5 Å². The molecule has 162 valence electrons. The van der Waals surface area contributed by atoms with Crippen molar-refractivity contribution in [2.45, 2.75) is 13.0 Å². The Kier molecular flexibility index (Phi) is 7.26. The highest BCUT2D eigenvalue weighted by Gasteiger charge is 2.34. The molecule has 0 aromatic heterocycles. The molecule has 0 bridgehead atoms. The Balaban J connectivity index is 1.48. The van der Waals surface area contributed by atoms with Gasteiger partial charge in [0, 0.05) is 25.6 Å². The molecule has 1 aliphatic rings. The van der Waals surface area contributed by atoms with Crippen molar-refractivity contribution in [1.82, 2.24) is 15.8 Å². The van der Waals surface area contributed by atoms with Gasteiger partial charge in [0.05, 0.1) is 20.1 Å². The third-order valence-electron chi connectivity index (χ3n) is 4.95. The van der Waals surface area contributed by atoms with E-state index in [0.29, 0.717) is 24.6 Å². The lowest BCUT2D eigenvalue weighted by molar-refractivity contribution is -0.130. The summed E-state index contributed by atoms with van der Waals surface area (Å²) in [6.07, 6.45) is 3.00. The van der Waals surface area contributed by atoms with Gasteiger partial charge >= 0.3 is 0 Å². The highest BCUT2D eigenvalue weighted by Crippen LogP contribution is 2.28. The average Bonchev–Trinajstić information content (AvgIpc) is 3.16. The summed E-state index contributed by atoms with van der Waals surface area (Å²) in [5.74, 6) is -0.339. The third-order valence-corrected chi connectivity index (χ3v) is 4.95. The molecular weight excluding hydrogens is 398 g/mol. The number of nitrogens with one attached hydrogen (secondary N) is 2. The molecule has 2 aromatic rings. The molecule has 0 radical (unpaired) electrons. The highest BCUT2D eigenvalue weighted by molar-refractivity contribution is 5.94. The molecule has 1 heterocycles. The lowest BCUT2D eigenvalue weighted by Crippen LogP contribution is -2.44. The number of hydrogen-bond acceptors (Lipinski definition) is 5. The minimum absolute atomic E-state index is 0.0799. The number of benzene rings is 2. The molecule has 2 N–H and O–H groups in total. The second kappa shape index (κ2) is 10.3. The molecule has 3 amide bonds. The van der Waals surface area contributed by atoms with Crippen LogP contribution in [0.1, 0.15) is 17.5 Å². The number of carbonyl (C=O) groups is 3. The van der Waals surface area contributed by atoms with Crippen molar-refractivity contribution in [3.63, 3.8) is 0 Å². The molecule has 8 heteroatoms. The van der Waals surface area contributed by atoms with Crippen LogP contribution in [-0.2, 0) is 20.9 Å². The van der Waals surface area contributed by atoms with Gasteiger partial charge < -0.3 is 14.4 Å². The molecule has 31 heavy (non-hydrogen) atoms. The van der Waals surface area contributed by atoms with E-state index < -0.39 is 17.7 Å². The number of rotatable bonds is 7. The number of ether oxygens (including phenoxy) is 2. The number of hydrazine groups is 1. The van der Waals surface area contributed by atoms with E-state index >= 15 is 0 Å². The van der Waals surface area contributed by atoms with Crippen LogP contribution in [0.25, 0.3) is 6.08 Å². The van der Waals surface area contributed by atoms with Crippen molar-refractivity contribution in [2.24, 2.45) is 5.92 Å². The summed E-state index contributed by atoms with van der Waals surface area (Å²) < 4.78 is 10.4. The Morgan fingerprint density at radius 1 is 1.06 bits per heavy atom. The number of likely N-dealkylation sites (tertiary alicyclic amines) is 1. The number of methoxy groups -OCH3 is 2. The van der Waals surface area contributed by atoms with E-state index in [1.54, 1.807) is 36.3 Å². The lowest BCUT2D eigenvalue weighted by Gasteiger charge is -2.16. The summed E-state index contributed by atoms with van der Waals surface area (Å²) >= 11 is 0. The first-order valence-electron chi connectivity index (χ1n) is 9.81. The van der Waals surface area contributed by atoms with E-state index in [1.165, 1.54) is 13.2 Å². The van der Waals surface area contributed by atoms with Crippen LogP contribution in [0.2, 0.25) is 0 Å². The normalized spacial score (nSPS) is 15.7. The molecule has 8 nitrogen and oxygen atoms in total. The SMILES string of the molecule is COc1ccc(/C=C/C(=O)NNC(=O)C2CC(=O)N(Cc3ccccc3)C2)cc1OC. The second-order valence-corrected chi connectivity index (χ2v) is 7.09. The van der Waals surface area contributed by atoms with Crippen LogP contribution in [0.3, 0.4) is 0 Å². The number of hydrogen-bond donors (Lipinski definition) is 2. The Hall–Kier alpha value is -3.81. The Labute approximate surface area is 180 Å². The molecule has 3 rings (SSSR count). The van der Waals surface area contributed by atoms with Crippen molar-refractivity contribution < 1.29 is 23.9 Å². The maximum Gasteiger partial charge on any atom is 0.262 e. The number of nitrogens with zero attached hydrogens (tertiary/aromatic N) is 1. The summed E-state index contributed by atoms with van der Waals surface area (Å²) in [5.41, 5.74) is 6.48. The molecule has 1 unspecified atom stereocenters. The molecule has 0 aliphatic carbocycles. The van der Waals surface area contributed by atoms with Crippen molar-refractivity contribution in [2.75, 3.05) is 20.8 Å². The van der Waals surface area contributed by atoms with Gasteiger partial charge in [-0.1, -0.05) is 36.4 Å². The number of amides is 3. The fraction of sp³-hybridized carbons (Fsp3) is 0.261. The highest BCUT2D eigenvalue weighted by atomic mass is 16.5. The predicted octanol–water partition coefficient (Wildman–Crippen LogP) is 1.91. The molecule has 0 spiro atoms.